The second-order valence-electron chi connectivity index (χ2n) is 6.62. The number of benzene rings is 1. The van der Waals surface area contributed by atoms with E-state index in [9.17, 15) is 13.6 Å². The summed E-state index contributed by atoms with van der Waals surface area (Å²) < 4.78 is 30.4. The third kappa shape index (κ3) is 4.96. The lowest BCUT2D eigenvalue weighted by Crippen LogP contribution is -2.42. The number of amides is 1. The van der Waals surface area contributed by atoms with Crippen molar-refractivity contribution in [2.24, 2.45) is 5.92 Å². The molecule has 1 aliphatic rings. The molecular formula is C18H24ClF2N5O2. The molecule has 10 heteroatoms. The Kier molecular flexibility index (Phi) is 7.70. The Bertz CT molecular complexity index is 783. The number of alkyl halides is 2. The highest BCUT2D eigenvalue weighted by molar-refractivity contribution is 5.93. The van der Waals surface area contributed by atoms with E-state index < -0.39 is 6.61 Å². The second-order valence-corrected chi connectivity index (χ2v) is 6.62. The van der Waals surface area contributed by atoms with Gasteiger partial charge in [-0.2, -0.15) is 8.78 Å². The first-order valence-corrected chi connectivity index (χ1v) is 8.91. The number of halogens is 3. The maximum Gasteiger partial charge on any atom is 0.387 e. The van der Waals surface area contributed by atoms with E-state index in [4.69, 9.17) is 0 Å². The molecule has 1 aliphatic heterocycles. The zero-order valence-electron chi connectivity index (χ0n) is 15.8. The highest BCUT2D eigenvalue weighted by Crippen LogP contribution is 2.21. The van der Waals surface area contributed by atoms with E-state index in [1.807, 2.05) is 11.9 Å². The van der Waals surface area contributed by atoms with Crippen LogP contribution in [0.5, 0.6) is 5.75 Å². The Hall–Kier alpha value is -2.26. The van der Waals surface area contributed by atoms with Crippen LogP contribution in [0.25, 0.3) is 5.69 Å². The van der Waals surface area contributed by atoms with Crippen molar-refractivity contribution >= 4 is 18.3 Å². The van der Waals surface area contributed by atoms with Gasteiger partial charge in [0.1, 0.15) is 5.75 Å². The Labute approximate surface area is 168 Å². The van der Waals surface area contributed by atoms with Crippen LogP contribution >= 0.6 is 12.4 Å². The van der Waals surface area contributed by atoms with Crippen LogP contribution in [0.1, 0.15) is 29.0 Å². The van der Waals surface area contributed by atoms with Crippen molar-refractivity contribution in [1.29, 1.82) is 0 Å². The van der Waals surface area contributed by atoms with Gasteiger partial charge in [-0.3, -0.25) is 4.79 Å². The van der Waals surface area contributed by atoms with Gasteiger partial charge >= 0.3 is 6.61 Å². The molecule has 1 atom stereocenters. The van der Waals surface area contributed by atoms with Crippen LogP contribution in [0.2, 0.25) is 0 Å². The minimum Gasteiger partial charge on any atom is -0.435 e. The molecule has 0 bridgehead atoms. The smallest absolute Gasteiger partial charge is 0.387 e. The molecule has 0 radical (unpaired) electrons. The van der Waals surface area contributed by atoms with Crippen LogP contribution < -0.4 is 10.1 Å². The van der Waals surface area contributed by atoms with Crippen LogP contribution in [0.4, 0.5) is 8.78 Å². The number of carbonyl (C=O) groups is 1. The minimum atomic E-state index is -2.87. The molecule has 28 heavy (non-hydrogen) atoms. The van der Waals surface area contributed by atoms with Crippen molar-refractivity contribution in [3.63, 3.8) is 0 Å². The fourth-order valence-corrected chi connectivity index (χ4v) is 3.40. The van der Waals surface area contributed by atoms with E-state index in [1.165, 1.54) is 16.8 Å². The third-order valence-electron chi connectivity index (χ3n) is 4.70. The maximum atomic E-state index is 12.9. The van der Waals surface area contributed by atoms with Gasteiger partial charge in [-0.1, -0.05) is 5.21 Å². The second kappa shape index (κ2) is 9.79. The van der Waals surface area contributed by atoms with Crippen molar-refractivity contribution in [3.05, 3.63) is 35.7 Å². The summed E-state index contributed by atoms with van der Waals surface area (Å²) >= 11 is 0. The van der Waals surface area contributed by atoms with Crippen LogP contribution in [0.3, 0.4) is 0 Å². The maximum absolute atomic E-state index is 12.9. The summed E-state index contributed by atoms with van der Waals surface area (Å²) in [6, 6.07) is 6.04. The van der Waals surface area contributed by atoms with Gasteiger partial charge in [-0.25, -0.2) is 4.68 Å². The van der Waals surface area contributed by atoms with Crippen molar-refractivity contribution in [3.8, 4) is 11.4 Å². The standard InChI is InChI=1S/C18H23F2N5O2.ClH/c1-12-16(17(26)24-9-3-4-13(11-24)10-21-2)22-23-25(12)14-5-7-15(8-6-14)27-18(19)20;/h5-8,13,18,21H,3-4,9-11H2,1-2H3;1H. The molecule has 154 valence electrons. The molecule has 1 saturated heterocycles. The summed E-state index contributed by atoms with van der Waals surface area (Å²) in [6.45, 7) is 1.19. The van der Waals surface area contributed by atoms with Crippen LogP contribution in [0, 0.1) is 12.8 Å². The van der Waals surface area contributed by atoms with E-state index >= 15 is 0 Å². The topological polar surface area (TPSA) is 72.3 Å². The molecule has 2 heterocycles. The normalized spacial score (nSPS) is 16.8. The van der Waals surface area contributed by atoms with Crippen molar-refractivity contribution in [1.82, 2.24) is 25.2 Å². The Morgan fingerprint density at radius 3 is 2.71 bits per heavy atom. The molecule has 1 amide bonds. The van der Waals surface area contributed by atoms with Gasteiger partial charge < -0.3 is 15.0 Å². The number of hydrogen-bond acceptors (Lipinski definition) is 5. The van der Waals surface area contributed by atoms with E-state index in [-0.39, 0.29) is 24.1 Å². The summed E-state index contributed by atoms with van der Waals surface area (Å²) in [4.78, 5) is 14.7. The van der Waals surface area contributed by atoms with E-state index in [0.717, 1.165) is 19.4 Å². The molecular weight excluding hydrogens is 392 g/mol. The predicted octanol–water partition coefficient (Wildman–Crippen LogP) is 2.67. The molecule has 1 N–H and O–H groups in total. The third-order valence-corrected chi connectivity index (χ3v) is 4.70. The minimum absolute atomic E-state index is 0. The Balaban J connectivity index is 0.00000280. The van der Waals surface area contributed by atoms with Gasteiger partial charge in [0, 0.05) is 13.1 Å². The Morgan fingerprint density at radius 1 is 1.36 bits per heavy atom. The van der Waals surface area contributed by atoms with Gasteiger partial charge in [0.2, 0.25) is 0 Å². The number of nitrogens with one attached hydrogen (secondary N) is 1. The van der Waals surface area contributed by atoms with E-state index in [1.54, 1.807) is 19.1 Å². The quantitative estimate of drug-likeness (QED) is 0.785. The van der Waals surface area contributed by atoms with Gasteiger partial charge in [-0.15, -0.1) is 17.5 Å². The average molecular weight is 416 g/mol. The van der Waals surface area contributed by atoms with Crippen LogP contribution in [-0.2, 0) is 0 Å². The zero-order chi connectivity index (χ0) is 19.4. The van der Waals surface area contributed by atoms with Crippen molar-refractivity contribution < 1.29 is 18.3 Å². The summed E-state index contributed by atoms with van der Waals surface area (Å²) in [5.74, 6) is 0.370. The predicted molar refractivity (Wildman–Crippen MR) is 103 cm³/mol. The summed E-state index contributed by atoms with van der Waals surface area (Å²) in [6.07, 6.45) is 2.07. The molecule has 0 saturated carbocycles. The number of ether oxygens (including phenoxy) is 1. The van der Waals surface area contributed by atoms with Crippen LogP contribution in [0.15, 0.2) is 24.3 Å². The van der Waals surface area contributed by atoms with Crippen molar-refractivity contribution in [2.75, 3.05) is 26.7 Å². The van der Waals surface area contributed by atoms with Gasteiger partial charge in [-0.05, 0) is 63.5 Å². The molecule has 2 aromatic rings. The molecule has 7 nitrogen and oxygen atoms in total. The van der Waals surface area contributed by atoms with E-state index in [2.05, 4.69) is 20.4 Å². The highest BCUT2D eigenvalue weighted by Gasteiger charge is 2.27. The molecule has 3 rings (SSSR count). The molecule has 0 spiro atoms. The number of rotatable bonds is 6. The summed E-state index contributed by atoms with van der Waals surface area (Å²) in [5.41, 5.74) is 1.54. The van der Waals surface area contributed by atoms with E-state index in [0.29, 0.717) is 36.1 Å². The lowest BCUT2D eigenvalue weighted by atomic mass is 9.97. The lowest BCUT2D eigenvalue weighted by molar-refractivity contribution is -0.0498. The summed E-state index contributed by atoms with van der Waals surface area (Å²) in [7, 11) is 1.91. The van der Waals surface area contributed by atoms with Gasteiger partial charge in [0.05, 0.1) is 11.4 Å². The molecule has 1 aromatic heterocycles. The summed E-state index contributed by atoms with van der Waals surface area (Å²) in [5, 5.41) is 11.3. The number of hydrogen-bond donors (Lipinski definition) is 1. The van der Waals surface area contributed by atoms with Crippen molar-refractivity contribution in [2.45, 2.75) is 26.4 Å². The highest BCUT2D eigenvalue weighted by atomic mass is 35.5. The number of aromatic nitrogens is 3. The fourth-order valence-electron chi connectivity index (χ4n) is 3.40. The van der Waals surface area contributed by atoms with Gasteiger partial charge in [0.15, 0.2) is 5.69 Å². The zero-order valence-corrected chi connectivity index (χ0v) is 16.6. The SMILES string of the molecule is CNCC1CCCN(C(=O)c2nnn(-c3ccc(OC(F)F)cc3)c2C)C1.Cl. The first-order chi connectivity index (χ1) is 13.0. The molecule has 0 aliphatic carbocycles. The van der Waals surface area contributed by atoms with Crippen LogP contribution in [-0.4, -0.2) is 59.1 Å². The fraction of sp³-hybridized carbons (Fsp3) is 0.500. The Morgan fingerprint density at radius 2 is 2.07 bits per heavy atom. The number of carbonyl (C=O) groups excluding carboxylic acids is 1. The lowest BCUT2D eigenvalue weighted by Gasteiger charge is -2.32. The average Bonchev–Trinajstić information content (AvgIpc) is 3.03. The molecule has 1 aromatic carbocycles. The largest absolute Gasteiger partial charge is 0.435 e. The van der Waals surface area contributed by atoms with Gasteiger partial charge in [0.25, 0.3) is 5.91 Å². The number of piperidine rings is 1. The molecule has 1 fully saturated rings. The molecule has 1 unspecified atom stereocenters. The first-order valence-electron chi connectivity index (χ1n) is 8.91. The number of likely N-dealkylation sites (tertiary alicyclic amines) is 1. The monoisotopic (exact) mass is 415 g/mol. The first kappa shape index (κ1) is 22.0. The number of nitrogens with zero attached hydrogens (tertiary/aromatic N) is 4.